The monoisotopic (exact) mass is 282 g/mol. The van der Waals surface area contributed by atoms with Crippen molar-refractivity contribution in [3.8, 4) is 0 Å². The number of unbranched alkanes of at least 4 members (excludes halogenated alkanes) is 1. The first-order valence-corrected chi connectivity index (χ1v) is 7.44. The van der Waals surface area contributed by atoms with Gasteiger partial charge in [-0.2, -0.15) is 0 Å². The lowest BCUT2D eigenvalue weighted by atomic mass is 10.2. The Bertz CT molecular complexity index is 558. The van der Waals surface area contributed by atoms with Gasteiger partial charge in [-0.15, -0.1) is 11.6 Å². The number of imidazole rings is 1. The van der Waals surface area contributed by atoms with Gasteiger partial charge in [0.1, 0.15) is 5.82 Å². The second-order valence-electron chi connectivity index (χ2n) is 4.88. The van der Waals surface area contributed by atoms with E-state index in [1.165, 1.54) is 18.7 Å². The fourth-order valence-corrected chi connectivity index (χ4v) is 2.88. The Balaban J connectivity index is 2.01. The number of halogens is 2. The number of fused-ring (bicyclic) bond motifs is 1. The van der Waals surface area contributed by atoms with Crippen LogP contribution in [0.2, 0.25) is 5.02 Å². The molecule has 0 radical (unpaired) electrons. The molecule has 4 heteroatoms. The lowest BCUT2D eigenvalue weighted by molar-refractivity contribution is 0.665. The first kappa shape index (κ1) is 12.3. The second kappa shape index (κ2) is 5.10. The Labute approximate surface area is 117 Å². The number of aromatic nitrogens is 2. The van der Waals surface area contributed by atoms with Crippen LogP contribution < -0.4 is 0 Å². The van der Waals surface area contributed by atoms with E-state index in [-0.39, 0.29) is 0 Å². The molecule has 3 rings (SSSR count). The molecule has 96 valence electrons. The van der Waals surface area contributed by atoms with E-state index in [0.717, 1.165) is 41.2 Å². The molecule has 0 aliphatic heterocycles. The molecule has 1 aliphatic carbocycles. The molecule has 1 fully saturated rings. The molecule has 2 aromatic rings. The molecule has 1 saturated carbocycles. The topological polar surface area (TPSA) is 17.8 Å². The number of rotatable bonds is 5. The molecule has 0 amide bonds. The minimum atomic E-state index is 0.612. The molecular weight excluding hydrogens is 267 g/mol. The van der Waals surface area contributed by atoms with Crippen LogP contribution in [0.5, 0.6) is 0 Å². The van der Waals surface area contributed by atoms with Gasteiger partial charge in [-0.1, -0.05) is 17.7 Å². The van der Waals surface area contributed by atoms with Crippen LogP contribution in [0.4, 0.5) is 0 Å². The van der Waals surface area contributed by atoms with Gasteiger partial charge in [-0.25, -0.2) is 4.98 Å². The van der Waals surface area contributed by atoms with Crippen LogP contribution in [0.15, 0.2) is 18.2 Å². The third-order valence-electron chi connectivity index (χ3n) is 3.43. The van der Waals surface area contributed by atoms with Gasteiger partial charge >= 0.3 is 0 Å². The maximum Gasteiger partial charge on any atom is 0.110 e. The standard InChI is InChI=1S/C14H16Cl2N2/c15-9-2-1-6-13-17-12-5-3-4-11(16)14(12)18(13)10-7-8-10/h3-5,10H,1-2,6-9H2. The van der Waals surface area contributed by atoms with Gasteiger partial charge in [0.05, 0.1) is 16.1 Å². The second-order valence-corrected chi connectivity index (χ2v) is 5.67. The van der Waals surface area contributed by atoms with E-state index >= 15 is 0 Å². The lowest BCUT2D eigenvalue weighted by Gasteiger charge is -2.08. The van der Waals surface area contributed by atoms with Crippen LogP contribution in [-0.2, 0) is 6.42 Å². The number of hydrogen-bond donors (Lipinski definition) is 0. The van der Waals surface area contributed by atoms with E-state index in [1.54, 1.807) is 0 Å². The summed E-state index contributed by atoms with van der Waals surface area (Å²) in [5, 5.41) is 0.815. The van der Waals surface area contributed by atoms with Gasteiger partial charge in [0.2, 0.25) is 0 Å². The summed E-state index contributed by atoms with van der Waals surface area (Å²) in [5.74, 6) is 1.90. The molecule has 0 N–H and O–H groups in total. The van der Waals surface area contributed by atoms with Crippen molar-refractivity contribution >= 4 is 34.2 Å². The van der Waals surface area contributed by atoms with Crippen molar-refractivity contribution in [2.24, 2.45) is 0 Å². The van der Waals surface area contributed by atoms with E-state index in [1.807, 2.05) is 18.2 Å². The van der Waals surface area contributed by atoms with E-state index in [2.05, 4.69) is 4.57 Å². The first-order chi connectivity index (χ1) is 8.81. The lowest BCUT2D eigenvalue weighted by Crippen LogP contribution is -2.02. The number of hydrogen-bond acceptors (Lipinski definition) is 1. The molecule has 0 unspecified atom stereocenters. The highest BCUT2D eigenvalue weighted by Gasteiger charge is 2.28. The van der Waals surface area contributed by atoms with Crippen LogP contribution in [-0.4, -0.2) is 15.4 Å². The molecule has 1 aromatic heterocycles. The number of nitrogens with zero attached hydrogens (tertiary/aromatic N) is 2. The third-order valence-corrected chi connectivity index (χ3v) is 4.00. The fraction of sp³-hybridized carbons (Fsp3) is 0.500. The summed E-state index contributed by atoms with van der Waals surface area (Å²) in [4.78, 5) is 4.74. The van der Waals surface area contributed by atoms with Crippen molar-refractivity contribution in [3.05, 3.63) is 29.0 Å². The summed E-state index contributed by atoms with van der Waals surface area (Å²) in [6.07, 6.45) is 5.63. The highest BCUT2D eigenvalue weighted by molar-refractivity contribution is 6.35. The van der Waals surface area contributed by atoms with Crippen molar-refractivity contribution in [1.29, 1.82) is 0 Å². The quantitative estimate of drug-likeness (QED) is 0.580. The maximum atomic E-state index is 6.33. The van der Waals surface area contributed by atoms with Gasteiger partial charge in [0.15, 0.2) is 0 Å². The molecule has 1 heterocycles. The number of alkyl halides is 1. The minimum absolute atomic E-state index is 0.612. The number of para-hydroxylation sites is 1. The average Bonchev–Trinajstić information content (AvgIpc) is 3.12. The van der Waals surface area contributed by atoms with Crippen molar-refractivity contribution in [2.45, 2.75) is 38.1 Å². The predicted octanol–water partition coefficient (Wildman–Crippen LogP) is 4.59. The molecule has 1 aliphatic rings. The van der Waals surface area contributed by atoms with Crippen molar-refractivity contribution in [2.75, 3.05) is 5.88 Å². The average molecular weight is 283 g/mol. The predicted molar refractivity (Wildman–Crippen MR) is 76.7 cm³/mol. The van der Waals surface area contributed by atoms with Gasteiger partial charge in [-0.3, -0.25) is 0 Å². The van der Waals surface area contributed by atoms with Crippen LogP contribution in [0.3, 0.4) is 0 Å². The number of aryl methyl sites for hydroxylation is 1. The number of benzene rings is 1. The molecule has 0 atom stereocenters. The zero-order chi connectivity index (χ0) is 12.5. The summed E-state index contributed by atoms with van der Waals surface area (Å²) >= 11 is 12.1. The highest BCUT2D eigenvalue weighted by atomic mass is 35.5. The Hall–Kier alpha value is -0.730. The summed E-state index contributed by atoms with van der Waals surface area (Å²) in [6.45, 7) is 0. The van der Waals surface area contributed by atoms with Crippen LogP contribution in [0.25, 0.3) is 11.0 Å². The van der Waals surface area contributed by atoms with Crippen molar-refractivity contribution in [3.63, 3.8) is 0 Å². The van der Waals surface area contributed by atoms with Gasteiger partial charge in [0.25, 0.3) is 0 Å². The van der Waals surface area contributed by atoms with Crippen molar-refractivity contribution < 1.29 is 0 Å². The summed E-state index contributed by atoms with van der Waals surface area (Å²) in [6, 6.07) is 6.58. The Kier molecular flexibility index (Phi) is 3.49. The zero-order valence-corrected chi connectivity index (χ0v) is 11.7. The first-order valence-electron chi connectivity index (χ1n) is 6.52. The van der Waals surface area contributed by atoms with Crippen LogP contribution in [0, 0.1) is 0 Å². The Morgan fingerprint density at radius 3 is 2.83 bits per heavy atom. The minimum Gasteiger partial charge on any atom is -0.324 e. The largest absolute Gasteiger partial charge is 0.324 e. The zero-order valence-electron chi connectivity index (χ0n) is 10.2. The fourth-order valence-electron chi connectivity index (χ4n) is 2.43. The molecule has 2 nitrogen and oxygen atoms in total. The van der Waals surface area contributed by atoms with E-state index in [0.29, 0.717) is 6.04 Å². The SMILES string of the molecule is ClCCCCc1nc2cccc(Cl)c2n1C1CC1. The molecule has 18 heavy (non-hydrogen) atoms. The smallest absolute Gasteiger partial charge is 0.110 e. The molecule has 1 aromatic carbocycles. The summed E-state index contributed by atoms with van der Waals surface area (Å²) < 4.78 is 2.35. The van der Waals surface area contributed by atoms with Crippen LogP contribution in [0.1, 0.15) is 37.5 Å². The summed E-state index contributed by atoms with van der Waals surface area (Å²) in [7, 11) is 0. The van der Waals surface area contributed by atoms with E-state index in [9.17, 15) is 0 Å². The maximum absolute atomic E-state index is 6.33. The third kappa shape index (κ3) is 2.24. The summed E-state index contributed by atoms with van der Waals surface area (Å²) in [5.41, 5.74) is 2.14. The van der Waals surface area contributed by atoms with E-state index in [4.69, 9.17) is 28.2 Å². The molecular formula is C14H16Cl2N2. The molecule has 0 saturated heterocycles. The normalized spacial score (nSPS) is 15.4. The Morgan fingerprint density at radius 2 is 2.11 bits per heavy atom. The van der Waals surface area contributed by atoms with Gasteiger partial charge in [-0.05, 0) is 37.8 Å². The molecule has 0 bridgehead atoms. The van der Waals surface area contributed by atoms with Gasteiger partial charge in [0, 0.05) is 18.3 Å². The van der Waals surface area contributed by atoms with Crippen molar-refractivity contribution in [1.82, 2.24) is 9.55 Å². The van der Waals surface area contributed by atoms with Gasteiger partial charge < -0.3 is 4.57 Å². The van der Waals surface area contributed by atoms with Crippen LogP contribution >= 0.6 is 23.2 Å². The van der Waals surface area contributed by atoms with E-state index < -0.39 is 0 Å². The Morgan fingerprint density at radius 1 is 1.28 bits per heavy atom. The molecule has 0 spiro atoms. The highest BCUT2D eigenvalue weighted by Crippen LogP contribution is 2.40.